The van der Waals surface area contributed by atoms with Gasteiger partial charge >= 0.3 is 0 Å². The van der Waals surface area contributed by atoms with E-state index in [1.165, 1.54) is 4.31 Å². The Labute approximate surface area is 267 Å². The smallest absolute Gasteiger partial charge is 0.251 e. The number of hydrogen-bond acceptors (Lipinski definition) is 5. The molecular weight excluding hydrogens is 596 g/mol. The van der Waals surface area contributed by atoms with Gasteiger partial charge in [0.25, 0.3) is 5.91 Å². The Balaban J connectivity index is 1.96. The summed E-state index contributed by atoms with van der Waals surface area (Å²) in [6, 6.07) is 21.4. The van der Waals surface area contributed by atoms with E-state index in [0.717, 1.165) is 11.1 Å². The van der Waals surface area contributed by atoms with E-state index in [2.05, 4.69) is 16.0 Å². The highest BCUT2D eigenvalue weighted by molar-refractivity contribution is 7.92. The number of nitrogens with zero attached hydrogens (tertiary/aromatic N) is 1. The van der Waals surface area contributed by atoms with E-state index in [9.17, 15) is 18.0 Å². The molecule has 10 heteroatoms. The van der Waals surface area contributed by atoms with Crippen LogP contribution >= 0.6 is 11.6 Å². The van der Waals surface area contributed by atoms with Crippen LogP contribution in [0.4, 0.5) is 5.69 Å². The second kappa shape index (κ2) is 16.6. The summed E-state index contributed by atoms with van der Waals surface area (Å²) in [4.78, 5) is 26.7. The van der Waals surface area contributed by atoms with Gasteiger partial charge < -0.3 is 16.0 Å². The lowest BCUT2D eigenvalue weighted by Crippen LogP contribution is -2.50. The minimum Gasteiger partial charge on any atom is -0.354 e. The zero-order valence-electron chi connectivity index (χ0n) is 26.3. The van der Waals surface area contributed by atoms with Gasteiger partial charge in [0.15, 0.2) is 0 Å². The van der Waals surface area contributed by atoms with E-state index >= 15 is 0 Å². The second-order valence-electron chi connectivity index (χ2n) is 11.2. The lowest BCUT2D eigenvalue weighted by atomic mass is 10.0. The third kappa shape index (κ3) is 10.1. The molecule has 0 aliphatic heterocycles. The minimum absolute atomic E-state index is 0.0679. The molecule has 0 aromatic heterocycles. The predicted molar refractivity (Wildman–Crippen MR) is 181 cm³/mol. The van der Waals surface area contributed by atoms with Crippen LogP contribution in [0, 0.1) is 5.92 Å². The van der Waals surface area contributed by atoms with Gasteiger partial charge in [-0.25, -0.2) is 8.42 Å². The average molecular weight is 641 g/mol. The van der Waals surface area contributed by atoms with Crippen LogP contribution in [0.2, 0.25) is 5.02 Å². The molecule has 3 rings (SSSR count). The van der Waals surface area contributed by atoms with Crippen LogP contribution in [-0.4, -0.2) is 57.7 Å². The molecule has 0 fully saturated rings. The van der Waals surface area contributed by atoms with E-state index in [-0.39, 0.29) is 30.2 Å². The lowest BCUT2D eigenvalue weighted by molar-refractivity contribution is -0.123. The summed E-state index contributed by atoms with van der Waals surface area (Å²) >= 11 is 6.28. The van der Waals surface area contributed by atoms with Crippen LogP contribution < -0.4 is 20.3 Å². The van der Waals surface area contributed by atoms with E-state index in [0.29, 0.717) is 53.7 Å². The van der Waals surface area contributed by atoms with Crippen molar-refractivity contribution in [2.45, 2.75) is 59.5 Å². The monoisotopic (exact) mass is 640 g/mol. The molecule has 44 heavy (non-hydrogen) atoms. The largest absolute Gasteiger partial charge is 0.354 e. The molecule has 0 saturated carbocycles. The first-order valence-electron chi connectivity index (χ1n) is 15.2. The first-order valence-corrected chi connectivity index (χ1v) is 17.2. The molecule has 0 aliphatic rings. The first kappa shape index (κ1) is 35.1. The Kier molecular flexibility index (Phi) is 13.2. The van der Waals surface area contributed by atoms with Crippen molar-refractivity contribution in [1.29, 1.82) is 0 Å². The number of sulfonamides is 1. The first-order chi connectivity index (χ1) is 21.0. The Bertz CT molecular complexity index is 1500. The molecule has 0 heterocycles. The molecular formula is C34H45ClN4O4S. The number of halogens is 1. The van der Waals surface area contributed by atoms with Gasteiger partial charge in [-0.3, -0.25) is 13.9 Å². The van der Waals surface area contributed by atoms with E-state index < -0.39 is 16.1 Å². The highest BCUT2D eigenvalue weighted by Crippen LogP contribution is 2.30. The number of carbonyl (C=O) groups excluding carboxylic acids is 2. The SMILES string of the molecule is CC[C@H](NC[C@H](Cc1ccccc1)NC(=O)c1cc(-c2cccc(Cl)c2)cc(N(CC)S(=O)(=O)CC)c1)C(=O)NCC(C)C. The normalized spacial score (nSPS) is 12.9. The summed E-state index contributed by atoms with van der Waals surface area (Å²) in [7, 11) is -3.59. The maximum Gasteiger partial charge on any atom is 0.251 e. The Morgan fingerprint density at radius 3 is 2.23 bits per heavy atom. The number of amides is 2. The highest BCUT2D eigenvalue weighted by Gasteiger charge is 2.24. The summed E-state index contributed by atoms with van der Waals surface area (Å²) in [5.41, 5.74) is 3.20. The zero-order chi connectivity index (χ0) is 32.3. The number of rotatable bonds is 16. The summed E-state index contributed by atoms with van der Waals surface area (Å²) < 4.78 is 27.3. The number of carbonyl (C=O) groups is 2. The fourth-order valence-corrected chi connectivity index (χ4v) is 6.22. The van der Waals surface area contributed by atoms with Gasteiger partial charge in [-0.1, -0.05) is 74.8 Å². The van der Waals surface area contributed by atoms with Gasteiger partial charge in [0.05, 0.1) is 17.5 Å². The number of hydrogen-bond donors (Lipinski definition) is 3. The average Bonchev–Trinajstić information content (AvgIpc) is 3.00. The molecule has 0 spiro atoms. The van der Waals surface area contributed by atoms with Crippen molar-refractivity contribution in [3.8, 4) is 11.1 Å². The molecule has 2 amide bonds. The fraction of sp³-hybridized carbons (Fsp3) is 0.412. The van der Waals surface area contributed by atoms with Gasteiger partial charge in [-0.15, -0.1) is 0 Å². The van der Waals surface area contributed by atoms with Crippen LogP contribution in [0.5, 0.6) is 0 Å². The van der Waals surface area contributed by atoms with E-state index in [1.807, 2.05) is 63.2 Å². The van der Waals surface area contributed by atoms with E-state index in [4.69, 9.17) is 11.6 Å². The topological polar surface area (TPSA) is 108 Å². The summed E-state index contributed by atoms with van der Waals surface area (Å²) in [6.07, 6.45) is 1.13. The zero-order valence-corrected chi connectivity index (χ0v) is 27.8. The van der Waals surface area contributed by atoms with Crippen LogP contribution in [-0.2, 0) is 21.2 Å². The van der Waals surface area contributed by atoms with Crippen molar-refractivity contribution in [1.82, 2.24) is 16.0 Å². The third-order valence-corrected chi connectivity index (χ3v) is 9.40. The maximum absolute atomic E-state index is 13.9. The fourth-order valence-electron chi connectivity index (χ4n) is 4.89. The molecule has 3 aromatic carbocycles. The number of nitrogens with one attached hydrogen (secondary N) is 3. The van der Waals surface area contributed by atoms with Crippen LogP contribution in [0.1, 0.15) is 57.0 Å². The second-order valence-corrected chi connectivity index (χ2v) is 13.8. The Morgan fingerprint density at radius 1 is 0.886 bits per heavy atom. The third-order valence-electron chi connectivity index (χ3n) is 7.29. The number of benzene rings is 3. The van der Waals surface area contributed by atoms with Crippen molar-refractivity contribution >= 4 is 39.1 Å². The molecule has 238 valence electrons. The highest BCUT2D eigenvalue weighted by atomic mass is 35.5. The standard InChI is InChI=1S/C34H45ClN4O4S/c1-6-32(34(41)37-22-24(4)5)36-23-30(17-25-13-10-9-11-14-25)38-33(40)28-18-27(26-15-12-16-29(35)19-26)20-31(21-28)39(7-2)44(42,43)8-3/h9-16,18-21,24,30,32,36H,6-8,17,22-23H2,1-5H3,(H,37,41)(H,38,40)/t30-,32-/m0/s1. The van der Waals surface area contributed by atoms with Crippen LogP contribution in [0.25, 0.3) is 11.1 Å². The number of anilines is 1. The minimum atomic E-state index is -3.59. The molecule has 0 bridgehead atoms. The Hall–Kier alpha value is -3.40. The van der Waals surface area contributed by atoms with Gasteiger partial charge in [-0.2, -0.15) is 0 Å². The van der Waals surface area contributed by atoms with Gasteiger partial charge in [0.2, 0.25) is 15.9 Å². The quantitative estimate of drug-likeness (QED) is 0.187. The summed E-state index contributed by atoms with van der Waals surface area (Å²) in [5, 5.41) is 10.0. The molecule has 2 atom stereocenters. The van der Waals surface area contributed by atoms with Gasteiger partial charge in [-0.05, 0) is 79.6 Å². The molecule has 3 aromatic rings. The molecule has 0 aliphatic carbocycles. The Morgan fingerprint density at radius 2 is 1.61 bits per heavy atom. The molecule has 0 radical (unpaired) electrons. The van der Waals surface area contributed by atoms with Gasteiger partial charge in [0.1, 0.15) is 0 Å². The molecule has 3 N–H and O–H groups in total. The van der Waals surface area contributed by atoms with Crippen molar-refractivity contribution < 1.29 is 18.0 Å². The molecule has 8 nitrogen and oxygen atoms in total. The predicted octanol–water partition coefficient (Wildman–Crippen LogP) is 5.66. The lowest BCUT2D eigenvalue weighted by Gasteiger charge is -2.25. The van der Waals surface area contributed by atoms with Crippen LogP contribution in [0.15, 0.2) is 72.8 Å². The summed E-state index contributed by atoms with van der Waals surface area (Å²) in [6.45, 7) is 10.6. The molecule has 0 unspecified atom stereocenters. The maximum atomic E-state index is 13.9. The molecule has 0 saturated heterocycles. The van der Waals surface area contributed by atoms with Gasteiger partial charge in [0, 0.05) is 36.3 Å². The van der Waals surface area contributed by atoms with Crippen molar-refractivity contribution in [3.05, 3.63) is 88.9 Å². The van der Waals surface area contributed by atoms with Crippen molar-refractivity contribution in [2.24, 2.45) is 5.92 Å². The van der Waals surface area contributed by atoms with Crippen LogP contribution in [0.3, 0.4) is 0 Å². The van der Waals surface area contributed by atoms with Crippen molar-refractivity contribution in [2.75, 3.05) is 29.7 Å². The van der Waals surface area contributed by atoms with E-state index in [1.54, 1.807) is 44.2 Å². The summed E-state index contributed by atoms with van der Waals surface area (Å²) in [5.74, 6) is -0.149. The van der Waals surface area contributed by atoms with Crippen molar-refractivity contribution in [3.63, 3.8) is 0 Å².